The summed E-state index contributed by atoms with van der Waals surface area (Å²) in [5.41, 5.74) is 8.49. The zero-order chi connectivity index (χ0) is 17.3. The van der Waals surface area contributed by atoms with Gasteiger partial charge in [0.1, 0.15) is 0 Å². The van der Waals surface area contributed by atoms with E-state index in [-0.39, 0.29) is 0 Å². The van der Waals surface area contributed by atoms with Gasteiger partial charge in [0.05, 0.1) is 11.4 Å². The normalized spacial score (nSPS) is 15.1. The molecule has 1 aliphatic rings. The first-order valence-electron chi connectivity index (χ1n) is 9.17. The summed E-state index contributed by atoms with van der Waals surface area (Å²) in [4.78, 5) is 7.09. The third-order valence-corrected chi connectivity index (χ3v) is 4.90. The summed E-state index contributed by atoms with van der Waals surface area (Å²) < 4.78 is 0. The molecule has 0 amide bonds. The molecule has 24 heavy (non-hydrogen) atoms. The van der Waals surface area contributed by atoms with Gasteiger partial charge in [-0.2, -0.15) is 0 Å². The van der Waals surface area contributed by atoms with E-state index in [1.807, 2.05) is 6.20 Å². The van der Waals surface area contributed by atoms with Crippen LogP contribution in [0.2, 0.25) is 0 Å². The molecular formula is C22H30N2. The zero-order valence-electron chi connectivity index (χ0n) is 15.8. The van der Waals surface area contributed by atoms with Crippen molar-refractivity contribution in [2.45, 2.75) is 60.3 Å². The number of pyridine rings is 1. The van der Waals surface area contributed by atoms with E-state index in [0.717, 1.165) is 19.4 Å². The number of rotatable bonds is 2. The Bertz CT molecular complexity index is 702. The molecule has 0 N–H and O–H groups in total. The van der Waals surface area contributed by atoms with Crippen molar-refractivity contribution >= 4 is 11.4 Å². The average Bonchev–Trinajstić information content (AvgIpc) is 2.72. The minimum atomic E-state index is 0.316. The predicted octanol–water partition coefficient (Wildman–Crippen LogP) is 5.76. The number of aryl methyl sites for hydroxylation is 3. The van der Waals surface area contributed by atoms with Gasteiger partial charge in [-0.3, -0.25) is 4.98 Å². The Labute approximate surface area is 146 Å². The molecule has 0 atom stereocenters. The SMILES string of the molecule is Cc1cc(N2CCCCc3ncccc32)cc(C)c1CC(C)(C)C. The number of hydrogen-bond acceptors (Lipinski definition) is 2. The monoisotopic (exact) mass is 322 g/mol. The van der Waals surface area contributed by atoms with Gasteiger partial charge in [-0.25, -0.2) is 0 Å². The molecule has 0 saturated carbocycles. The fourth-order valence-electron chi connectivity index (χ4n) is 3.75. The molecular weight excluding hydrogens is 292 g/mol. The van der Waals surface area contributed by atoms with Crippen molar-refractivity contribution in [3.8, 4) is 0 Å². The maximum Gasteiger partial charge on any atom is 0.0640 e. The molecule has 2 nitrogen and oxygen atoms in total. The molecule has 1 aliphatic heterocycles. The van der Waals surface area contributed by atoms with Gasteiger partial charge in [-0.05, 0) is 85.9 Å². The maximum atomic E-state index is 4.62. The molecule has 0 spiro atoms. The smallest absolute Gasteiger partial charge is 0.0640 e. The number of aromatic nitrogens is 1. The highest BCUT2D eigenvalue weighted by atomic mass is 15.1. The van der Waals surface area contributed by atoms with Crippen molar-refractivity contribution in [1.29, 1.82) is 0 Å². The van der Waals surface area contributed by atoms with Gasteiger partial charge in [-0.15, -0.1) is 0 Å². The number of hydrogen-bond donors (Lipinski definition) is 0. The van der Waals surface area contributed by atoms with Crippen molar-refractivity contribution in [1.82, 2.24) is 4.98 Å². The topological polar surface area (TPSA) is 16.1 Å². The quantitative estimate of drug-likeness (QED) is 0.698. The van der Waals surface area contributed by atoms with E-state index in [1.165, 1.54) is 46.6 Å². The lowest BCUT2D eigenvalue weighted by Gasteiger charge is -2.28. The number of nitrogens with zero attached hydrogens (tertiary/aromatic N) is 2. The first kappa shape index (κ1) is 17.0. The number of anilines is 2. The van der Waals surface area contributed by atoms with Crippen LogP contribution in [0.5, 0.6) is 0 Å². The van der Waals surface area contributed by atoms with E-state index >= 15 is 0 Å². The standard InChI is InChI=1S/C22H30N2/c1-16-13-18(14-17(2)19(16)15-22(3,4)5)24-12-7-6-9-20-21(24)10-8-11-23-20/h8,10-11,13-14H,6-7,9,12,15H2,1-5H3. The van der Waals surface area contributed by atoms with Crippen molar-refractivity contribution in [2.75, 3.05) is 11.4 Å². The largest absolute Gasteiger partial charge is 0.340 e. The van der Waals surface area contributed by atoms with E-state index in [1.54, 1.807) is 0 Å². The van der Waals surface area contributed by atoms with Crippen LogP contribution in [-0.2, 0) is 12.8 Å². The zero-order valence-corrected chi connectivity index (χ0v) is 15.8. The van der Waals surface area contributed by atoms with Gasteiger partial charge in [0, 0.05) is 18.4 Å². The Kier molecular flexibility index (Phi) is 4.67. The lowest BCUT2D eigenvalue weighted by Crippen LogP contribution is -2.19. The second-order valence-electron chi connectivity index (χ2n) is 8.37. The van der Waals surface area contributed by atoms with E-state index < -0.39 is 0 Å². The van der Waals surface area contributed by atoms with Gasteiger partial charge < -0.3 is 4.90 Å². The highest BCUT2D eigenvalue weighted by molar-refractivity contribution is 5.67. The van der Waals surface area contributed by atoms with Crippen LogP contribution in [0.4, 0.5) is 11.4 Å². The molecule has 1 aromatic carbocycles. The first-order valence-corrected chi connectivity index (χ1v) is 9.17. The van der Waals surface area contributed by atoms with Crippen LogP contribution in [0.3, 0.4) is 0 Å². The molecule has 0 radical (unpaired) electrons. The van der Waals surface area contributed by atoms with Crippen LogP contribution >= 0.6 is 0 Å². The number of benzene rings is 1. The highest BCUT2D eigenvalue weighted by Gasteiger charge is 2.20. The highest BCUT2D eigenvalue weighted by Crippen LogP contribution is 2.35. The summed E-state index contributed by atoms with van der Waals surface area (Å²) in [5.74, 6) is 0. The van der Waals surface area contributed by atoms with Crippen LogP contribution in [-0.4, -0.2) is 11.5 Å². The first-order chi connectivity index (χ1) is 11.3. The average molecular weight is 322 g/mol. The molecule has 2 aromatic rings. The van der Waals surface area contributed by atoms with Crippen LogP contribution < -0.4 is 4.90 Å². The molecule has 0 unspecified atom stereocenters. The van der Waals surface area contributed by atoms with Gasteiger partial charge in [0.25, 0.3) is 0 Å². The Morgan fingerprint density at radius 3 is 2.46 bits per heavy atom. The Balaban J connectivity index is 2.01. The molecule has 2 heteroatoms. The summed E-state index contributed by atoms with van der Waals surface area (Å²) in [6.07, 6.45) is 6.58. The second kappa shape index (κ2) is 6.58. The fraction of sp³-hybridized carbons (Fsp3) is 0.500. The fourth-order valence-corrected chi connectivity index (χ4v) is 3.75. The van der Waals surface area contributed by atoms with Crippen molar-refractivity contribution in [3.63, 3.8) is 0 Å². The predicted molar refractivity (Wildman–Crippen MR) is 103 cm³/mol. The van der Waals surface area contributed by atoms with Crippen LogP contribution in [0, 0.1) is 19.3 Å². The molecule has 3 rings (SSSR count). The van der Waals surface area contributed by atoms with Crippen LogP contribution in [0.25, 0.3) is 0 Å². The Morgan fingerprint density at radius 1 is 1.08 bits per heavy atom. The summed E-state index contributed by atoms with van der Waals surface area (Å²) >= 11 is 0. The molecule has 1 aromatic heterocycles. The summed E-state index contributed by atoms with van der Waals surface area (Å²) in [5, 5.41) is 0. The maximum absolute atomic E-state index is 4.62. The number of fused-ring (bicyclic) bond motifs is 1. The minimum Gasteiger partial charge on any atom is -0.340 e. The van der Waals surface area contributed by atoms with Crippen LogP contribution in [0.1, 0.15) is 56.0 Å². The third kappa shape index (κ3) is 3.63. The van der Waals surface area contributed by atoms with Crippen molar-refractivity contribution < 1.29 is 0 Å². The third-order valence-electron chi connectivity index (χ3n) is 4.90. The molecule has 0 aliphatic carbocycles. The van der Waals surface area contributed by atoms with Gasteiger partial charge in [-0.1, -0.05) is 20.8 Å². The lowest BCUT2D eigenvalue weighted by molar-refractivity contribution is 0.409. The van der Waals surface area contributed by atoms with E-state index in [0.29, 0.717) is 5.41 Å². The van der Waals surface area contributed by atoms with E-state index in [9.17, 15) is 0 Å². The molecule has 2 heterocycles. The van der Waals surface area contributed by atoms with E-state index in [4.69, 9.17) is 0 Å². The summed E-state index contributed by atoms with van der Waals surface area (Å²) in [6.45, 7) is 12.6. The van der Waals surface area contributed by atoms with Gasteiger partial charge in [0.2, 0.25) is 0 Å². The summed E-state index contributed by atoms with van der Waals surface area (Å²) in [7, 11) is 0. The van der Waals surface area contributed by atoms with Gasteiger partial charge in [0.15, 0.2) is 0 Å². The lowest BCUT2D eigenvalue weighted by atomic mass is 9.84. The molecule has 0 fully saturated rings. The molecule has 128 valence electrons. The van der Waals surface area contributed by atoms with Crippen molar-refractivity contribution in [2.24, 2.45) is 5.41 Å². The van der Waals surface area contributed by atoms with E-state index in [2.05, 4.69) is 68.8 Å². The van der Waals surface area contributed by atoms with Gasteiger partial charge >= 0.3 is 0 Å². The minimum absolute atomic E-state index is 0.316. The Hall–Kier alpha value is -1.83. The molecule has 0 saturated heterocycles. The van der Waals surface area contributed by atoms with Crippen LogP contribution in [0.15, 0.2) is 30.5 Å². The molecule has 0 bridgehead atoms. The Morgan fingerprint density at radius 2 is 1.79 bits per heavy atom. The summed E-state index contributed by atoms with van der Waals surface area (Å²) in [6, 6.07) is 9.03. The second-order valence-corrected chi connectivity index (χ2v) is 8.37. The van der Waals surface area contributed by atoms with Crippen molar-refractivity contribution in [3.05, 3.63) is 52.8 Å².